The molecule has 2 amide bonds. The highest BCUT2D eigenvalue weighted by Gasteiger charge is 2.31. The van der Waals surface area contributed by atoms with Gasteiger partial charge in [-0.15, -0.1) is 5.06 Å². The van der Waals surface area contributed by atoms with Gasteiger partial charge in [-0.25, -0.2) is 9.78 Å². The van der Waals surface area contributed by atoms with Gasteiger partial charge in [-0.3, -0.25) is 14.4 Å². The number of carboxylic acid groups (broad SMARTS) is 1. The van der Waals surface area contributed by atoms with Crippen molar-refractivity contribution >= 4 is 23.9 Å². The molecule has 4 rings (SSSR count). The average Bonchev–Trinajstić information content (AvgIpc) is 3.03. The number of hydrogen-bond acceptors (Lipinski definition) is 9. The number of hydrogen-bond donors (Lipinski definition) is 2. The van der Waals surface area contributed by atoms with Crippen molar-refractivity contribution in [1.82, 2.24) is 20.3 Å². The topological polar surface area (TPSA) is 148 Å². The van der Waals surface area contributed by atoms with E-state index in [-0.39, 0.29) is 51.3 Å². The minimum Gasteiger partial charge on any atom is -0.497 e. The van der Waals surface area contributed by atoms with Crippen molar-refractivity contribution in [2.45, 2.75) is 25.8 Å². The first kappa shape index (κ1) is 31.0. The molecule has 1 atom stereocenters. The van der Waals surface area contributed by atoms with Crippen LogP contribution >= 0.6 is 0 Å². The summed E-state index contributed by atoms with van der Waals surface area (Å²) in [6, 6.07) is 19.2. The van der Waals surface area contributed by atoms with Crippen LogP contribution in [0.3, 0.4) is 0 Å². The highest BCUT2D eigenvalue weighted by Crippen LogP contribution is 2.28. The second-order valence-corrected chi connectivity index (χ2v) is 9.71. The number of carbonyl (C=O) groups excluding carboxylic acids is 3. The number of benzene rings is 2. The predicted octanol–water partition coefficient (Wildman–Crippen LogP) is 3.62. The number of nitrogens with one attached hydrogen (secondary N) is 1. The molecule has 3 aromatic rings. The van der Waals surface area contributed by atoms with E-state index in [0.717, 1.165) is 16.7 Å². The third-order valence-corrected chi connectivity index (χ3v) is 6.82. The summed E-state index contributed by atoms with van der Waals surface area (Å²) in [7, 11) is 1.58. The Morgan fingerprint density at radius 3 is 2.26 bits per heavy atom. The van der Waals surface area contributed by atoms with Gasteiger partial charge < -0.3 is 29.6 Å². The van der Waals surface area contributed by atoms with Gasteiger partial charge in [0.15, 0.2) is 0 Å². The van der Waals surface area contributed by atoms with E-state index in [4.69, 9.17) is 14.3 Å². The lowest BCUT2D eigenvalue weighted by Gasteiger charge is -2.35. The maximum atomic E-state index is 13.6. The molecule has 0 radical (unpaired) electrons. The zero-order chi connectivity index (χ0) is 30.8. The highest BCUT2D eigenvalue weighted by atomic mass is 16.8. The Morgan fingerprint density at radius 2 is 1.63 bits per heavy atom. The molecule has 0 spiro atoms. The van der Waals surface area contributed by atoms with Crippen molar-refractivity contribution in [3.05, 3.63) is 72.4 Å². The van der Waals surface area contributed by atoms with Gasteiger partial charge in [-0.2, -0.15) is 0 Å². The molecule has 1 aliphatic rings. The lowest BCUT2D eigenvalue weighted by atomic mass is 10.0. The summed E-state index contributed by atoms with van der Waals surface area (Å²) < 4.78 is 10.0. The van der Waals surface area contributed by atoms with E-state index >= 15 is 0 Å². The van der Waals surface area contributed by atoms with Crippen LogP contribution in [-0.4, -0.2) is 89.9 Å². The summed E-state index contributed by atoms with van der Waals surface area (Å²) in [5, 5.41) is 13.4. The van der Waals surface area contributed by atoms with Crippen molar-refractivity contribution in [1.29, 1.82) is 0 Å². The molecule has 12 heteroatoms. The maximum absolute atomic E-state index is 13.6. The molecule has 43 heavy (non-hydrogen) atoms. The summed E-state index contributed by atoms with van der Waals surface area (Å²) in [5.74, 6) is -1.45. The fourth-order valence-electron chi connectivity index (χ4n) is 4.58. The van der Waals surface area contributed by atoms with E-state index < -0.39 is 30.0 Å². The number of piperazine rings is 1. The third kappa shape index (κ3) is 8.52. The van der Waals surface area contributed by atoms with E-state index in [1.807, 2.05) is 60.7 Å². The number of amides is 2. The van der Waals surface area contributed by atoms with Crippen LogP contribution in [0.5, 0.6) is 5.75 Å². The van der Waals surface area contributed by atoms with E-state index in [0.29, 0.717) is 11.4 Å². The number of carbonyl (C=O) groups is 4. The van der Waals surface area contributed by atoms with Gasteiger partial charge >= 0.3 is 12.1 Å². The number of rotatable bonds is 11. The largest absolute Gasteiger partial charge is 0.527 e. The van der Waals surface area contributed by atoms with Crippen LogP contribution in [0.25, 0.3) is 22.4 Å². The normalized spacial score (nSPS) is 14.0. The molecule has 1 saturated heterocycles. The quantitative estimate of drug-likeness (QED) is 0.317. The van der Waals surface area contributed by atoms with Crippen molar-refractivity contribution < 1.29 is 38.6 Å². The number of aliphatic carboxylic acids is 1. The average molecular weight is 591 g/mol. The van der Waals surface area contributed by atoms with Gasteiger partial charge in [-0.1, -0.05) is 42.5 Å². The number of nitrogens with zero attached hydrogens (tertiary/aromatic N) is 3. The predicted molar refractivity (Wildman–Crippen MR) is 156 cm³/mol. The van der Waals surface area contributed by atoms with E-state index in [2.05, 4.69) is 10.3 Å². The number of pyridine rings is 1. The van der Waals surface area contributed by atoms with Gasteiger partial charge in [0, 0.05) is 25.1 Å². The van der Waals surface area contributed by atoms with Crippen LogP contribution in [0.1, 0.15) is 30.3 Å². The summed E-state index contributed by atoms with van der Waals surface area (Å²) in [4.78, 5) is 61.3. The first-order valence-electron chi connectivity index (χ1n) is 13.9. The molecule has 0 bridgehead atoms. The lowest BCUT2D eigenvalue weighted by molar-refractivity contribution is -0.157. The van der Waals surface area contributed by atoms with Crippen LogP contribution < -0.4 is 10.1 Å². The number of methoxy groups -OCH3 is 1. The number of hydroxylamine groups is 2. The summed E-state index contributed by atoms with van der Waals surface area (Å²) in [5.41, 5.74) is 3.00. The molecular formula is C31H34N4O8. The van der Waals surface area contributed by atoms with Gasteiger partial charge in [0.1, 0.15) is 17.5 Å². The summed E-state index contributed by atoms with van der Waals surface area (Å²) in [6.07, 6.45) is -1.26. The van der Waals surface area contributed by atoms with Crippen molar-refractivity contribution in [3.8, 4) is 28.1 Å². The minimum atomic E-state index is -1.10. The molecule has 2 aromatic carbocycles. The second-order valence-electron chi connectivity index (χ2n) is 9.71. The Hall–Kier alpha value is -4.97. The van der Waals surface area contributed by atoms with Crippen molar-refractivity contribution in [3.63, 3.8) is 0 Å². The monoisotopic (exact) mass is 590 g/mol. The molecule has 226 valence electrons. The van der Waals surface area contributed by atoms with Gasteiger partial charge in [0.2, 0.25) is 5.91 Å². The zero-order valence-electron chi connectivity index (χ0n) is 24.0. The molecule has 2 N–H and O–H groups in total. The molecule has 1 fully saturated rings. The fourth-order valence-corrected chi connectivity index (χ4v) is 4.58. The van der Waals surface area contributed by atoms with Crippen LogP contribution in [0.4, 0.5) is 4.79 Å². The first-order valence-corrected chi connectivity index (χ1v) is 13.9. The zero-order valence-corrected chi connectivity index (χ0v) is 24.0. The number of aromatic nitrogens is 1. The maximum Gasteiger partial charge on any atom is 0.527 e. The molecular weight excluding hydrogens is 556 g/mol. The molecule has 1 aliphatic heterocycles. The van der Waals surface area contributed by atoms with Crippen LogP contribution in [0.2, 0.25) is 0 Å². The van der Waals surface area contributed by atoms with Gasteiger partial charge in [-0.05, 0) is 48.7 Å². The summed E-state index contributed by atoms with van der Waals surface area (Å²) in [6.45, 7) is 2.72. The SMILES string of the molecule is CCOC(=O)ON1CCN(C(=O)[C@H](CCC(=O)O)NC(=O)c2cc(-c3ccc(OC)cc3)cc(-c3ccccc3)n2)CC1. The molecule has 0 unspecified atom stereocenters. The molecule has 1 aromatic heterocycles. The van der Waals surface area contributed by atoms with Crippen molar-refractivity contribution in [2.24, 2.45) is 0 Å². The highest BCUT2D eigenvalue weighted by molar-refractivity contribution is 5.97. The molecule has 0 aliphatic carbocycles. The molecule has 2 heterocycles. The van der Waals surface area contributed by atoms with Crippen LogP contribution in [0.15, 0.2) is 66.7 Å². The van der Waals surface area contributed by atoms with Crippen LogP contribution in [0, 0.1) is 0 Å². The molecule has 12 nitrogen and oxygen atoms in total. The minimum absolute atomic E-state index is 0.0768. The van der Waals surface area contributed by atoms with Gasteiger partial charge in [0.25, 0.3) is 5.91 Å². The smallest absolute Gasteiger partial charge is 0.497 e. The van der Waals surface area contributed by atoms with E-state index in [9.17, 15) is 24.3 Å². The van der Waals surface area contributed by atoms with Crippen LogP contribution in [-0.2, 0) is 19.2 Å². The standard InChI is InChI=1S/C31H34N4O8/c1-3-42-31(40)43-35-17-15-34(16-18-35)30(39)25(13-14-28(36)37)33-29(38)27-20-23(21-9-11-24(41-2)12-10-21)19-26(32-27)22-7-5-4-6-8-22/h4-12,19-20,25H,3,13-18H2,1-2H3,(H,33,38)(H,36,37)/t25-/m0/s1. The Kier molecular flexibility index (Phi) is 10.6. The fraction of sp³-hybridized carbons (Fsp3) is 0.323. The Labute approximate surface area is 249 Å². The van der Waals surface area contributed by atoms with E-state index in [1.165, 1.54) is 9.96 Å². The van der Waals surface area contributed by atoms with Crippen molar-refractivity contribution in [2.75, 3.05) is 39.9 Å². The van der Waals surface area contributed by atoms with Gasteiger partial charge in [0.05, 0.1) is 32.5 Å². The summed E-state index contributed by atoms with van der Waals surface area (Å²) >= 11 is 0. The number of carboxylic acids is 1. The first-order chi connectivity index (χ1) is 20.8. The Bertz CT molecular complexity index is 1420. The lowest BCUT2D eigenvalue weighted by Crippen LogP contribution is -2.55. The molecule has 0 saturated carbocycles. The Morgan fingerprint density at radius 1 is 0.930 bits per heavy atom. The number of ether oxygens (including phenoxy) is 2. The third-order valence-electron chi connectivity index (χ3n) is 6.82. The Balaban J connectivity index is 1.56. The van der Waals surface area contributed by atoms with E-state index in [1.54, 1.807) is 20.1 Å². The second kappa shape index (κ2) is 14.8.